The molecule has 0 saturated heterocycles. The maximum atomic E-state index is 9.79. The normalized spacial score (nSPS) is 9.00. The second-order valence-electron chi connectivity index (χ2n) is 2.46. The van der Waals surface area contributed by atoms with Crippen molar-refractivity contribution >= 4 is 6.08 Å². The summed E-state index contributed by atoms with van der Waals surface area (Å²) in [6.07, 6.45) is 5.53. The summed E-state index contributed by atoms with van der Waals surface area (Å²) in [4.78, 5) is 17.2. The highest BCUT2D eigenvalue weighted by atomic mass is 16.5. The highest BCUT2D eigenvalue weighted by Crippen LogP contribution is 2.10. The van der Waals surface area contributed by atoms with Gasteiger partial charge in [0.25, 0.3) is 0 Å². The van der Waals surface area contributed by atoms with E-state index in [1.165, 1.54) is 6.08 Å². The Morgan fingerprint density at radius 2 is 2.46 bits per heavy atom. The van der Waals surface area contributed by atoms with Crippen molar-refractivity contribution in [3.8, 4) is 5.75 Å². The van der Waals surface area contributed by atoms with Gasteiger partial charge in [-0.15, -0.1) is 0 Å². The quantitative estimate of drug-likeness (QED) is 0.510. The summed E-state index contributed by atoms with van der Waals surface area (Å²) in [6, 6.07) is 1.87. The second kappa shape index (κ2) is 5.06. The molecule has 0 unspecified atom stereocenters. The molecule has 0 aliphatic rings. The van der Waals surface area contributed by atoms with Gasteiger partial charge >= 0.3 is 0 Å². The molecule has 1 heterocycles. The number of nitrogens with zero attached hydrogens (tertiary/aromatic N) is 2. The molecule has 0 amide bonds. The lowest BCUT2D eigenvalue weighted by molar-refractivity contribution is 0.412. The predicted molar refractivity (Wildman–Crippen MR) is 47.5 cm³/mol. The standard InChI is InChI=1S/C9H10N2O2/c1-13-9-4-8(5-11-6-9)2-3-10-7-12/h4-6H,2-3H2,1H3. The number of aliphatic imine (C=N–C) groups is 1. The molecule has 0 fully saturated rings. The van der Waals surface area contributed by atoms with E-state index in [1.807, 2.05) is 6.07 Å². The van der Waals surface area contributed by atoms with Crippen LogP contribution in [0.5, 0.6) is 5.75 Å². The third-order valence-corrected chi connectivity index (χ3v) is 1.58. The first-order valence-corrected chi connectivity index (χ1v) is 3.88. The summed E-state index contributed by atoms with van der Waals surface area (Å²) < 4.78 is 4.99. The molecule has 0 radical (unpaired) electrons. The van der Waals surface area contributed by atoms with Crippen molar-refractivity contribution in [1.82, 2.24) is 4.98 Å². The van der Waals surface area contributed by atoms with Crippen LogP contribution in [-0.2, 0) is 11.2 Å². The van der Waals surface area contributed by atoms with Gasteiger partial charge in [0.1, 0.15) is 5.75 Å². The van der Waals surface area contributed by atoms with Crippen molar-refractivity contribution in [2.75, 3.05) is 13.7 Å². The van der Waals surface area contributed by atoms with E-state index < -0.39 is 0 Å². The molecule has 0 aromatic carbocycles. The van der Waals surface area contributed by atoms with Gasteiger partial charge in [-0.25, -0.2) is 9.79 Å². The number of ether oxygens (including phenoxy) is 1. The number of aromatic nitrogens is 1. The van der Waals surface area contributed by atoms with E-state index in [1.54, 1.807) is 19.5 Å². The number of methoxy groups -OCH3 is 1. The Balaban J connectivity index is 2.60. The van der Waals surface area contributed by atoms with Crippen LogP contribution in [0.4, 0.5) is 0 Å². The van der Waals surface area contributed by atoms with E-state index >= 15 is 0 Å². The molecule has 0 aliphatic heterocycles. The van der Waals surface area contributed by atoms with E-state index in [0.29, 0.717) is 18.7 Å². The summed E-state index contributed by atoms with van der Waals surface area (Å²) in [5, 5.41) is 0. The smallest absolute Gasteiger partial charge is 0.234 e. The lowest BCUT2D eigenvalue weighted by Gasteiger charge is -2.00. The monoisotopic (exact) mass is 178 g/mol. The first-order valence-electron chi connectivity index (χ1n) is 3.88. The highest BCUT2D eigenvalue weighted by molar-refractivity contribution is 5.33. The van der Waals surface area contributed by atoms with Gasteiger partial charge in [-0.05, 0) is 18.1 Å². The molecule has 0 bridgehead atoms. The van der Waals surface area contributed by atoms with Gasteiger partial charge < -0.3 is 4.74 Å². The summed E-state index contributed by atoms with van der Waals surface area (Å²) >= 11 is 0. The predicted octanol–water partition coefficient (Wildman–Crippen LogP) is 0.968. The zero-order valence-corrected chi connectivity index (χ0v) is 7.36. The van der Waals surface area contributed by atoms with Crippen LogP contribution in [-0.4, -0.2) is 24.7 Å². The first-order chi connectivity index (χ1) is 6.36. The van der Waals surface area contributed by atoms with E-state index in [4.69, 9.17) is 4.74 Å². The van der Waals surface area contributed by atoms with Crippen molar-refractivity contribution in [2.24, 2.45) is 4.99 Å². The van der Waals surface area contributed by atoms with Crippen LogP contribution < -0.4 is 4.74 Å². The van der Waals surface area contributed by atoms with Crippen molar-refractivity contribution in [1.29, 1.82) is 0 Å². The Morgan fingerprint density at radius 3 is 3.15 bits per heavy atom. The molecule has 1 aromatic rings. The topological polar surface area (TPSA) is 51.6 Å². The van der Waals surface area contributed by atoms with Crippen molar-refractivity contribution in [3.05, 3.63) is 24.0 Å². The van der Waals surface area contributed by atoms with Crippen LogP contribution >= 0.6 is 0 Å². The van der Waals surface area contributed by atoms with Crippen molar-refractivity contribution in [3.63, 3.8) is 0 Å². The molecule has 0 atom stereocenters. The number of rotatable bonds is 4. The Kier molecular flexibility index (Phi) is 3.67. The summed E-state index contributed by atoms with van der Waals surface area (Å²) in [5.74, 6) is 0.715. The third kappa shape index (κ3) is 3.05. The van der Waals surface area contributed by atoms with E-state index in [0.717, 1.165) is 5.56 Å². The Morgan fingerprint density at radius 1 is 1.62 bits per heavy atom. The molecule has 4 nitrogen and oxygen atoms in total. The molecular weight excluding hydrogens is 168 g/mol. The Labute approximate surface area is 76.3 Å². The van der Waals surface area contributed by atoms with Gasteiger partial charge in [0, 0.05) is 6.20 Å². The van der Waals surface area contributed by atoms with Gasteiger partial charge in [-0.1, -0.05) is 0 Å². The zero-order valence-electron chi connectivity index (χ0n) is 7.36. The van der Waals surface area contributed by atoms with E-state index in [-0.39, 0.29) is 0 Å². The molecule has 4 heteroatoms. The fourth-order valence-corrected chi connectivity index (χ4v) is 0.943. The molecule has 13 heavy (non-hydrogen) atoms. The van der Waals surface area contributed by atoms with Crippen LogP contribution in [0.3, 0.4) is 0 Å². The second-order valence-corrected chi connectivity index (χ2v) is 2.46. The van der Waals surface area contributed by atoms with E-state index in [2.05, 4.69) is 9.98 Å². The Hall–Kier alpha value is -1.67. The van der Waals surface area contributed by atoms with Gasteiger partial charge in [0.05, 0.1) is 19.9 Å². The van der Waals surface area contributed by atoms with Crippen LogP contribution in [0, 0.1) is 0 Å². The summed E-state index contributed by atoms with van der Waals surface area (Å²) in [5.41, 5.74) is 0.998. The van der Waals surface area contributed by atoms with Crippen molar-refractivity contribution in [2.45, 2.75) is 6.42 Å². The average Bonchev–Trinajstić information content (AvgIpc) is 2.19. The lowest BCUT2D eigenvalue weighted by atomic mass is 10.2. The Bertz CT molecular complexity index is 319. The largest absolute Gasteiger partial charge is 0.495 e. The summed E-state index contributed by atoms with van der Waals surface area (Å²) in [6.45, 7) is 0.443. The van der Waals surface area contributed by atoms with E-state index in [9.17, 15) is 4.79 Å². The molecular formula is C9H10N2O2. The van der Waals surface area contributed by atoms with Crippen LogP contribution in [0.2, 0.25) is 0 Å². The number of isocyanates is 1. The molecule has 0 spiro atoms. The number of pyridine rings is 1. The third-order valence-electron chi connectivity index (χ3n) is 1.58. The maximum Gasteiger partial charge on any atom is 0.234 e. The highest BCUT2D eigenvalue weighted by Gasteiger charge is 1.95. The molecule has 0 saturated carbocycles. The van der Waals surface area contributed by atoms with Gasteiger partial charge in [-0.2, -0.15) is 0 Å². The molecule has 1 aromatic heterocycles. The van der Waals surface area contributed by atoms with Crippen molar-refractivity contribution < 1.29 is 9.53 Å². The van der Waals surface area contributed by atoms with Gasteiger partial charge in [-0.3, -0.25) is 4.98 Å². The van der Waals surface area contributed by atoms with Crippen LogP contribution in [0.15, 0.2) is 23.5 Å². The molecule has 0 aliphatic carbocycles. The number of hydrogen-bond acceptors (Lipinski definition) is 4. The minimum Gasteiger partial charge on any atom is -0.495 e. The average molecular weight is 178 g/mol. The lowest BCUT2D eigenvalue weighted by Crippen LogP contribution is -1.92. The fourth-order valence-electron chi connectivity index (χ4n) is 0.943. The maximum absolute atomic E-state index is 9.79. The first kappa shape index (κ1) is 9.42. The minimum absolute atomic E-state index is 0.443. The number of carbonyl (C=O) groups excluding carboxylic acids is 1. The minimum atomic E-state index is 0.443. The van der Waals surface area contributed by atoms with Crippen LogP contribution in [0.1, 0.15) is 5.56 Å². The SMILES string of the molecule is COc1cncc(CCN=C=O)c1. The van der Waals surface area contributed by atoms with Gasteiger partial charge in [0.2, 0.25) is 6.08 Å². The molecule has 1 rings (SSSR count). The summed E-state index contributed by atoms with van der Waals surface area (Å²) in [7, 11) is 1.59. The number of hydrogen-bond donors (Lipinski definition) is 0. The zero-order chi connectivity index (χ0) is 9.52. The molecule has 0 N–H and O–H groups in total. The van der Waals surface area contributed by atoms with Crippen LogP contribution in [0.25, 0.3) is 0 Å². The van der Waals surface area contributed by atoms with Gasteiger partial charge in [0.15, 0.2) is 0 Å². The fraction of sp³-hybridized carbons (Fsp3) is 0.333. The molecule has 68 valence electrons.